The summed E-state index contributed by atoms with van der Waals surface area (Å²) in [5.41, 5.74) is 2.74. The molecule has 5 heteroatoms. The van der Waals surface area contributed by atoms with E-state index < -0.39 is 0 Å². The fourth-order valence-corrected chi connectivity index (χ4v) is 2.02. The van der Waals surface area contributed by atoms with Gasteiger partial charge in [-0.1, -0.05) is 23.8 Å². The van der Waals surface area contributed by atoms with Crippen molar-refractivity contribution in [3.8, 4) is 11.5 Å². The average molecular weight is 298 g/mol. The predicted molar refractivity (Wildman–Crippen MR) is 85.9 cm³/mol. The van der Waals surface area contributed by atoms with Gasteiger partial charge in [0.05, 0.1) is 0 Å². The lowest BCUT2D eigenvalue weighted by atomic mass is 10.1. The number of aryl methyl sites for hydroxylation is 2. The lowest BCUT2D eigenvalue weighted by Gasteiger charge is -2.10. The average Bonchev–Trinajstić information content (AvgIpc) is 2.47. The van der Waals surface area contributed by atoms with Crippen molar-refractivity contribution in [2.45, 2.75) is 13.8 Å². The molecule has 0 spiro atoms. The number of rotatable bonds is 6. The highest BCUT2D eigenvalue weighted by Crippen LogP contribution is 2.19. The van der Waals surface area contributed by atoms with Gasteiger partial charge in [0.2, 0.25) is 0 Å². The van der Waals surface area contributed by atoms with Gasteiger partial charge in [0, 0.05) is 11.8 Å². The molecule has 1 amide bonds. The van der Waals surface area contributed by atoms with Crippen molar-refractivity contribution < 1.29 is 14.3 Å². The van der Waals surface area contributed by atoms with Gasteiger partial charge in [-0.2, -0.15) is 0 Å². The van der Waals surface area contributed by atoms with Gasteiger partial charge in [-0.25, -0.2) is 0 Å². The third-order valence-corrected chi connectivity index (χ3v) is 3.00. The lowest BCUT2D eigenvalue weighted by Crippen LogP contribution is -2.20. The van der Waals surface area contributed by atoms with Crippen LogP contribution in [0.25, 0.3) is 0 Å². The highest BCUT2D eigenvalue weighted by molar-refractivity contribution is 5.92. The summed E-state index contributed by atoms with van der Waals surface area (Å²) < 4.78 is 10.5. The molecular weight excluding hydrogens is 280 g/mol. The Morgan fingerprint density at radius 2 is 2.05 bits per heavy atom. The Bertz CT molecular complexity index is 683. The molecule has 0 aliphatic carbocycles. The highest BCUT2D eigenvalue weighted by atomic mass is 16.5. The Labute approximate surface area is 129 Å². The maximum Gasteiger partial charge on any atom is 0.262 e. The third-order valence-electron chi connectivity index (χ3n) is 3.00. The van der Waals surface area contributed by atoms with Crippen molar-refractivity contribution >= 4 is 18.0 Å². The zero-order valence-corrected chi connectivity index (χ0v) is 12.6. The first-order valence-corrected chi connectivity index (χ1v) is 6.84. The van der Waals surface area contributed by atoms with E-state index in [2.05, 4.69) is 5.32 Å². The van der Waals surface area contributed by atoms with Crippen LogP contribution in [0, 0.1) is 19.3 Å². The van der Waals surface area contributed by atoms with Crippen molar-refractivity contribution in [2.75, 3.05) is 11.9 Å². The molecular formula is C17H18N2O3. The van der Waals surface area contributed by atoms with Gasteiger partial charge in [-0.05, 0) is 37.6 Å². The van der Waals surface area contributed by atoms with Gasteiger partial charge >= 0.3 is 0 Å². The number of hydrogen-bond acceptors (Lipinski definition) is 4. The van der Waals surface area contributed by atoms with E-state index in [-0.39, 0.29) is 12.5 Å². The summed E-state index contributed by atoms with van der Waals surface area (Å²) in [7, 11) is 0. The van der Waals surface area contributed by atoms with Gasteiger partial charge < -0.3 is 14.8 Å². The molecule has 0 aliphatic rings. The van der Waals surface area contributed by atoms with Crippen LogP contribution in [-0.2, 0) is 4.79 Å². The summed E-state index contributed by atoms with van der Waals surface area (Å²) in [6.07, 6.45) is 0.838. The van der Waals surface area contributed by atoms with Crippen molar-refractivity contribution in [1.82, 2.24) is 0 Å². The summed E-state index contributed by atoms with van der Waals surface area (Å²) in [5, 5.41) is 9.62. The van der Waals surface area contributed by atoms with Crippen LogP contribution >= 0.6 is 0 Å². The smallest absolute Gasteiger partial charge is 0.262 e. The van der Waals surface area contributed by atoms with E-state index in [1.54, 1.807) is 24.3 Å². The Morgan fingerprint density at radius 1 is 1.23 bits per heavy atom. The summed E-state index contributed by atoms with van der Waals surface area (Å²) in [6, 6.07) is 12.6. The van der Waals surface area contributed by atoms with E-state index in [1.807, 2.05) is 32.0 Å². The fraction of sp³-hybridized carbons (Fsp3) is 0.176. The van der Waals surface area contributed by atoms with Crippen LogP contribution in [0.4, 0.5) is 5.69 Å². The number of hydrogen-bond donors (Lipinski definition) is 2. The summed E-state index contributed by atoms with van der Waals surface area (Å²) in [5.74, 6) is 0.928. The Morgan fingerprint density at radius 3 is 2.77 bits per heavy atom. The van der Waals surface area contributed by atoms with E-state index in [4.69, 9.17) is 14.9 Å². The highest BCUT2D eigenvalue weighted by Gasteiger charge is 2.06. The van der Waals surface area contributed by atoms with Crippen LogP contribution in [0.2, 0.25) is 0 Å². The number of amides is 1. The van der Waals surface area contributed by atoms with Crippen LogP contribution in [-0.4, -0.2) is 18.9 Å². The first-order chi connectivity index (χ1) is 10.6. The molecule has 22 heavy (non-hydrogen) atoms. The normalized spacial score (nSPS) is 9.91. The van der Waals surface area contributed by atoms with E-state index in [9.17, 15) is 4.79 Å². The standard InChI is InChI=1S/C17H18N2O3/c1-12-6-7-16(13(2)8-12)21-10-17(20)19-14-4-3-5-15(9-14)22-11-18/h3-9,11,18H,10H2,1-2H3,(H,19,20). The Hall–Kier alpha value is -2.82. The molecule has 5 nitrogen and oxygen atoms in total. The van der Waals surface area contributed by atoms with Crippen molar-refractivity contribution in [1.29, 1.82) is 5.41 Å². The summed E-state index contributed by atoms with van der Waals surface area (Å²) in [6.45, 7) is 3.88. The number of ether oxygens (including phenoxy) is 2. The van der Waals surface area contributed by atoms with Gasteiger partial charge in [-0.15, -0.1) is 0 Å². The number of nitrogens with one attached hydrogen (secondary N) is 2. The molecule has 0 saturated heterocycles. The van der Waals surface area contributed by atoms with Crippen LogP contribution in [0.15, 0.2) is 42.5 Å². The molecule has 0 radical (unpaired) electrons. The first kappa shape index (κ1) is 15.6. The largest absolute Gasteiger partial charge is 0.483 e. The minimum Gasteiger partial charge on any atom is -0.483 e. The van der Waals surface area contributed by atoms with Crippen LogP contribution in [0.3, 0.4) is 0 Å². The van der Waals surface area contributed by atoms with Crippen molar-refractivity contribution in [2.24, 2.45) is 0 Å². The molecule has 2 N–H and O–H groups in total. The molecule has 2 aromatic rings. The SMILES string of the molecule is Cc1ccc(OCC(=O)Nc2cccc(OC=N)c2)c(C)c1. The Balaban J connectivity index is 1.92. The molecule has 0 aromatic heterocycles. The van der Waals surface area contributed by atoms with Crippen molar-refractivity contribution in [3.05, 3.63) is 53.6 Å². The molecule has 0 fully saturated rings. The number of benzene rings is 2. The van der Waals surface area contributed by atoms with Crippen LogP contribution in [0.1, 0.15) is 11.1 Å². The monoisotopic (exact) mass is 298 g/mol. The third kappa shape index (κ3) is 4.34. The minimum atomic E-state index is -0.257. The maximum atomic E-state index is 11.9. The quantitative estimate of drug-likeness (QED) is 0.635. The second kappa shape index (κ2) is 7.26. The second-order valence-corrected chi connectivity index (χ2v) is 4.87. The number of carbonyl (C=O) groups is 1. The van der Waals surface area contributed by atoms with Crippen LogP contribution < -0.4 is 14.8 Å². The number of carbonyl (C=O) groups excluding carboxylic acids is 1. The fourth-order valence-electron chi connectivity index (χ4n) is 2.02. The van der Waals surface area contributed by atoms with Gasteiger partial charge in [0.15, 0.2) is 13.0 Å². The zero-order valence-electron chi connectivity index (χ0n) is 12.6. The summed E-state index contributed by atoms with van der Waals surface area (Å²) >= 11 is 0. The Kier molecular flexibility index (Phi) is 5.14. The molecule has 0 bridgehead atoms. The first-order valence-electron chi connectivity index (χ1n) is 6.84. The van der Waals surface area contributed by atoms with E-state index >= 15 is 0 Å². The molecule has 114 valence electrons. The summed E-state index contributed by atoms with van der Waals surface area (Å²) in [4.78, 5) is 11.9. The molecule has 2 rings (SSSR count). The van der Waals surface area contributed by atoms with Crippen molar-refractivity contribution in [3.63, 3.8) is 0 Å². The minimum absolute atomic E-state index is 0.0699. The number of anilines is 1. The zero-order chi connectivity index (χ0) is 15.9. The molecule has 0 atom stereocenters. The van der Waals surface area contributed by atoms with Gasteiger partial charge in [0.25, 0.3) is 5.91 Å². The molecule has 0 aliphatic heterocycles. The van der Waals surface area contributed by atoms with E-state index in [0.29, 0.717) is 17.2 Å². The predicted octanol–water partition coefficient (Wildman–Crippen LogP) is 3.31. The molecule has 0 saturated carbocycles. The van der Waals surface area contributed by atoms with Gasteiger partial charge in [0.1, 0.15) is 11.5 Å². The van der Waals surface area contributed by atoms with Crippen LogP contribution in [0.5, 0.6) is 11.5 Å². The molecule has 0 unspecified atom stereocenters. The lowest BCUT2D eigenvalue weighted by molar-refractivity contribution is -0.118. The van der Waals surface area contributed by atoms with E-state index in [1.165, 1.54) is 0 Å². The molecule has 2 aromatic carbocycles. The van der Waals surface area contributed by atoms with E-state index in [0.717, 1.165) is 17.5 Å². The topological polar surface area (TPSA) is 71.4 Å². The van der Waals surface area contributed by atoms with Gasteiger partial charge in [-0.3, -0.25) is 10.2 Å². The second-order valence-electron chi connectivity index (χ2n) is 4.87. The molecule has 0 heterocycles. The maximum absolute atomic E-state index is 11.9.